The zero-order valence-corrected chi connectivity index (χ0v) is 15.3. The summed E-state index contributed by atoms with van der Waals surface area (Å²) in [5, 5.41) is 6.03. The van der Waals surface area contributed by atoms with E-state index in [1.54, 1.807) is 11.3 Å². The highest BCUT2D eigenvalue weighted by molar-refractivity contribution is 9.10. The van der Waals surface area contributed by atoms with E-state index in [1.165, 1.54) is 0 Å². The first-order chi connectivity index (χ1) is 11.1. The number of nitrogens with one attached hydrogen (secondary N) is 1. The summed E-state index contributed by atoms with van der Waals surface area (Å²) in [5.74, 6) is 0.0171. The molecule has 1 fully saturated rings. The van der Waals surface area contributed by atoms with E-state index in [2.05, 4.69) is 26.2 Å². The third kappa shape index (κ3) is 4.00. The lowest BCUT2D eigenvalue weighted by atomic mass is 9.97. The van der Waals surface area contributed by atoms with Crippen molar-refractivity contribution in [1.82, 2.24) is 10.3 Å². The molecule has 0 spiro atoms. The van der Waals surface area contributed by atoms with Gasteiger partial charge in [-0.2, -0.15) is 0 Å². The number of benzene rings is 1. The minimum atomic E-state index is -0.194. The van der Waals surface area contributed by atoms with Crippen LogP contribution in [0.2, 0.25) is 0 Å². The number of amides is 1. The smallest absolute Gasteiger partial charge is 0.226 e. The molecule has 0 aliphatic heterocycles. The lowest BCUT2D eigenvalue weighted by molar-refractivity contribution is -0.122. The molecule has 0 bridgehead atoms. The highest BCUT2D eigenvalue weighted by Crippen LogP contribution is 2.29. The molecule has 0 saturated heterocycles. The summed E-state index contributed by atoms with van der Waals surface area (Å²) in [6.07, 6.45) is 4.56. The molecule has 1 saturated carbocycles. The van der Waals surface area contributed by atoms with Gasteiger partial charge in [-0.15, -0.1) is 11.3 Å². The number of nitrogens with zero attached hydrogens (tertiary/aromatic N) is 1. The minimum Gasteiger partial charge on any atom is -0.349 e. The molecule has 1 aliphatic rings. The van der Waals surface area contributed by atoms with Crippen LogP contribution >= 0.6 is 27.3 Å². The van der Waals surface area contributed by atoms with Crippen molar-refractivity contribution in [1.29, 1.82) is 0 Å². The lowest BCUT2D eigenvalue weighted by Gasteiger charge is -2.28. The molecule has 0 radical (unpaired) electrons. The van der Waals surface area contributed by atoms with Crippen molar-refractivity contribution in [2.45, 2.75) is 37.6 Å². The quantitative estimate of drug-likeness (QED) is 0.816. The van der Waals surface area contributed by atoms with Crippen LogP contribution in [0, 0.1) is 0 Å². The van der Waals surface area contributed by atoms with Crippen molar-refractivity contribution in [3.8, 4) is 10.6 Å². The van der Waals surface area contributed by atoms with Gasteiger partial charge < -0.3 is 11.1 Å². The largest absolute Gasteiger partial charge is 0.349 e. The van der Waals surface area contributed by atoms with Gasteiger partial charge in [0.1, 0.15) is 5.01 Å². The van der Waals surface area contributed by atoms with Gasteiger partial charge in [-0.3, -0.25) is 4.79 Å². The number of aromatic nitrogens is 1. The monoisotopic (exact) mass is 393 g/mol. The summed E-state index contributed by atoms with van der Waals surface area (Å²) >= 11 is 5.03. The Morgan fingerprint density at radius 1 is 1.39 bits per heavy atom. The number of rotatable bonds is 5. The molecule has 1 aromatic heterocycles. The maximum Gasteiger partial charge on any atom is 0.226 e. The van der Waals surface area contributed by atoms with Crippen molar-refractivity contribution in [3.63, 3.8) is 0 Å². The summed E-state index contributed by atoms with van der Waals surface area (Å²) in [7, 11) is 0. The summed E-state index contributed by atoms with van der Waals surface area (Å²) in [4.78, 5) is 16.9. The minimum absolute atomic E-state index is 0.0171. The van der Waals surface area contributed by atoms with Crippen LogP contribution in [0.1, 0.15) is 31.4 Å². The normalized spacial score (nSPS) is 16.4. The van der Waals surface area contributed by atoms with E-state index in [1.807, 2.05) is 29.6 Å². The molecule has 0 unspecified atom stereocenters. The summed E-state index contributed by atoms with van der Waals surface area (Å²) < 4.78 is 1.02. The van der Waals surface area contributed by atoms with E-state index in [0.29, 0.717) is 13.0 Å². The molecule has 3 N–H and O–H groups in total. The van der Waals surface area contributed by atoms with Crippen LogP contribution in [0.25, 0.3) is 10.6 Å². The number of carbonyl (C=O) groups excluding carboxylic acids is 1. The second kappa shape index (κ2) is 7.11. The van der Waals surface area contributed by atoms with Crippen molar-refractivity contribution in [3.05, 3.63) is 39.8 Å². The Bertz CT molecular complexity index is 695. The summed E-state index contributed by atoms with van der Waals surface area (Å²) in [6.45, 7) is 0.513. The average Bonchev–Trinajstić information content (AvgIpc) is 3.17. The Morgan fingerprint density at radius 2 is 2.17 bits per heavy atom. The van der Waals surface area contributed by atoms with Gasteiger partial charge >= 0.3 is 0 Å². The first-order valence-electron chi connectivity index (χ1n) is 7.82. The number of halogens is 1. The van der Waals surface area contributed by atoms with Crippen molar-refractivity contribution in [2.75, 3.05) is 6.54 Å². The number of hydrogen-bond acceptors (Lipinski definition) is 4. The van der Waals surface area contributed by atoms with E-state index in [4.69, 9.17) is 5.73 Å². The Balaban J connectivity index is 1.66. The zero-order chi connectivity index (χ0) is 16.3. The lowest BCUT2D eigenvalue weighted by Crippen LogP contribution is -2.52. The van der Waals surface area contributed by atoms with Gasteiger partial charge in [0.25, 0.3) is 0 Å². The maximum atomic E-state index is 12.3. The van der Waals surface area contributed by atoms with E-state index in [0.717, 1.165) is 46.4 Å². The first-order valence-corrected chi connectivity index (χ1v) is 9.49. The maximum absolute atomic E-state index is 12.3. The molecular weight excluding hydrogens is 374 g/mol. The molecule has 2 aromatic rings. The zero-order valence-electron chi connectivity index (χ0n) is 12.8. The van der Waals surface area contributed by atoms with Gasteiger partial charge in [-0.25, -0.2) is 4.98 Å². The summed E-state index contributed by atoms with van der Waals surface area (Å²) in [5.41, 5.74) is 7.55. The fourth-order valence-corrected chi connectivity index (χ4v) is 4.29. The van der Waals surface area contributed by atoms with Gasteiger partial charge in [0.05, 0.1) is 17.7 Å². The van der Waals surface area contributed by atoms with Gasteiger partial charge in [0.2, 0.25) is 5.91 Å². The number of hydrogen-bond donors (Lipinski definition) is 2. The van der Waals surface area contributed by atoms with Crippen molar-refractivity contribution < 1.29 is 4.79 Å². The second-order valence-electron chi connectivity index (χ2n) is 6.07. The fourth-order valence-electron chi connectivity index (χ4n) is 3.08. The topological polar surface area (TPSA) is 68.0 Å². The molecule has 23 heavy (non-hydrogen) atoms. The van der Waals surface area contributed by atoms with E-state index >= 15 is 0 Å². The molecular formula is C17H20BrN3OS. The Morgan fingerprint density at radius 3 is 2.87 bits per heavy atom. The van der Waals surface area contributed by atoms with Gasteiger partial charge in [-0.05, 0) is 25.0 Å². The molecule has 4 nitrogen and oxygen atoms in total. The second-order valence-corrected chi connectivity index (χ2v) is 7.84. The third-order valence-electron chi connectivity index (χ3n) is 4.32. The molecule has 3 rings (SSSR count). The predicted octanol–water partition coefficient (Wildman–Crippen LogP) is 3.50. The molecule has 122 valence electrons. The van der Waals surface area contributed by atoms with Gasteiger partial charge in [-0.1, -0.05) is 40.9 Å². The first kappa shape index (κ1) is 16.6. The van der Waals surface area contributed by atoms with Crippen LogP contribution in [0.15, 0.2) is 34.1 Å². The van der Waals surface area contributed by atoms with Crippen molar-refractivity contribution in [2.24, 2.45) is 5.73 Å². The van der Waals surface area contributed by atoms with E-state index in [-0.39, 0.29) is 11.4 Å². The summed E-state index contributed by atoms with van der Waals surface area (Å²) in [6, 6.07) is 8.03. The standard InChI is InChI=1S/C17H20BrN3OS/c18-13-5-3-4-12(8-13)16-20-14(10-23-16)9-15(22)21-17(11-19)6-1-2-7-17/h3-5,8,10H,1-2,6-7,9,11,19H2,(H,21,22). The Kier molecular flexibility index (Phi) is 5.14. The fraction of sp³-hybridized carbons (Fsp3) is 0.412. The van der Waals surface area contributed by atoms with Crippen LogP contribution in [0.3, 0.4) is 0 Å². The van der Waals surface area contributed by atoms with Crippen LogP contribution < -0.4 is 11.1 Å². The van der Waals surface area contributed by atoms with Crippen LogP contribution in [-0.2, 0) is 11.2 Å². The predicted molar refractivity (Wildman–Crippen MR) is 97.4 cm³/mol. The average molecular weight is 394 g/mol. The number of carbonyl (C=O) groups is 1. The van der Waals surface area contributed by atoms with E-state index < -0.39 is 0 Å². The van der Waals surface area contributed by atoms with Crippen LogP contribution in [-0.4, -0.2) is 23.0 Å². The van der Waals surface area contributed by atoms with Crippen LogP contribution in [0.5, 0.6) is 0 Å². The molecule has 1 heterocycles. The SMILES string of the molecule is NCC1(NC(=O)Cc2csc(-c3cccc(Br)c3)n2)CCCC1. The molecule has 0 atom stereocenters. The third-order valence-corrected chi connectivity index (χ3v) is 5.75. The number of thiazole rings is 1. The Labute approximate surface area is 148 Å². The Hall–Kier alpha value is -1.24. The number of nitrogens with two attached hydrogens (primary N) is 1. The molecule has 1 amide bonds. The van der Waals surface area contributed by atoms with Gasteiger partial charge in [0.15, 0.2) is 0 Å². The molecule has 1 aromatic carbocycles. The highest BCUT2D eigenvalue weighted by atomic mass is 79.9. The van der Waals surface area contributed by atoms with Crippen molar-refractivity contribution >= 4 is 33.2 Å². The van der Waals surface area contributed by atoms with E-state index in [9.17, 15) is 4.79 Å². The van der Waals surface area contributed by atoms with Crippen LogP contribution in [0.4, 0.5) is 0 Å². The highest BCUT2D eigenvalue weighted by Gasteiger charge is 2.33. The van der Waals surface area contributed by atoms with Gasteiger partial charge in [0, 0.05) is 22.0 Å². The molecule has 6 heteroatoms. The molecule has 1 aliphatic carbocycles.